The fraction of sp³-hybridized carbons (Fsp3) is 0.625. The number of hydrogen-bond donors (Lipinski definition) is 1. The van der Waals surface area contributed by atoms with Crippen LogP contribution in [0.2, 0.25) is 5.02 Å². The van der Waals surface area contributed by atoms with Crippen molar-refractivity contribution >= 4 is 23.0 Å². The molecule has 23 heavy (non-hydrogen) atoms. The lowest BCUT2D eigenvalue weighted by Gasteiger charge is -2.33. The zero-order valence-electron chi connectivity index (χ0n) is 14.0. The first kappa shape index (κ1) is 18.0. The van der Waals surface area contributed by atoms with Crippen molar-refractivity contribution in [3.63, 3.8) is 0 Å². The zero-order chi connectivity index (χ0) is 17.0. The second kappa shape index (κ2) is 7.95. The largest absolute Gasteiger partial charge is 0.381 e. The van der Waals surface area contributed by atoms with Crippen LogP contribution in [0.15, 0.2) is 12.1 Å². The number of non-ortho nitro benzene ring substituents is 1. The number of halogens is 1. The summed E-state index contributed by atoms with van der Waals surface area (Å²) < 4.78 is 0. The molecule has 1 aliphatic rings. The van der Waals surface area contributed by atoms with Crippen molar-refractivity contribution in [2.45, 2.75) is 25.8 Å². The fourth-order valence-electron chi connectivity index (χ4n) is 2.86. The van der Waals surface area contributed by atoms with Crippen LogP contribution in [0.25, 0.3) is 0 Å². The summed E-state index contributed by atoms with van der Waals surface area (Å²) in [6.45, 7) is 6.15. The number of aryl methyl sites for hydroxylation is 1. The minimum Gasteiger partial charge on any atom is -0.381 e. The van der Waals surface area contributed by atoms with Gasteiger partial charge in [-0.2, -0.15) is 0 Å². The Morgan fingerprint density at radius 3 is 2.57 bits per heavy atom. The van der Waals surface area contributed by atoms with E-state index in [1.807, 2.05) is 6.92 Å². The highest BCUT2D eigenvalue weighted by molar-refractivity contribution is 6.33. The van der Waals surface area contributed by atoms with E-state index in [0.29, 0.717) is 11.1 Å². The standard InChI is InChI=1S/C16H25ClN4O2/c1-12-10-14(21(22)23)11-15(17)16(12)18-13-4-6-20(7-5-13)9-8-19(2)3/h10-11,13,18H,4-9H2,1-3H3. The molecule has 1 saturated heterocycles. The lowest BCUT2D eigenvalue weighted by molar-refractivity contribution is -0.384. The first-order valence-electron chi connectivity index (χ1n) is 7.95. The lowest BCUT2D eigenvalue weighted by Crippen LogP contribution is -2.41. The highest BCUT2D eigenvalue weighted by Crippen LogP contribution is 2.32. The smallest absolute Gasteiger partial charge is 0.271 e. The molecule has 0 unspecified atom stereocenters. The third kappa shape index (κ3) is 5.06. The Morgan fingerprint density at radius 2 is 2.04 bits per heavy atom. The summed E-state index contributed by atoms with van der Waals surface area (Å²) >= 11 is 6.23. The molecule has 6 nitrogen and oxygen atoms in total. The molecule has 0 aliphatic carbocycles. The molecular weight excluding hydrogens is 316 g/mol. The number of nitrogens with zero attached hydrogens (tertiary/aromatic N) is 3. The molecule has 128 valence electrons. The molecule has 1 fully saturated rings. The predicted molar refractivity (Wildman–Crippen MR) is 94.5 cm³/mol. The third-order valence-electron chi connectivity index (χ3n) is 4.28. The van der Waals surface area contributed by atoms with Gasteiger partial charge in [-0.3, -0.25) is 10.1 Å². The molecule has 1 aliphatic heterocycles. The first-order chi connectivity index (χ1) is 10.9. The number of nitro benzene ring substituents is 1. The van der Waals surface area contributed by atoms with Crippen molar-refractivity contribution in [3.05, 3.63) is 32.8 Å². The van der Waals surface area contributed by atoms with E-state index in [0.717, 1.165) is 50.3 Å². The van der Waals surface area contributed by atoms with Gasteiger partial charge >= 0.3 is 0 Å². The molecule has 0 radical (unpaired) electrons. The van der Waals surface area contributed by atoms with Gasteiger partial charge in [0.05, 0.1) is 15.6 Å². The van der Waals surface area contributed by atoms with E-state index in [-0.39, 0.29) is 5.69 Å². The van der Waals surface area contributed by atoms with Crippen LogP contribution < -0.4 is 5.32 Å². The summed E-state index contributed by atoms with van der Waals surface area (Å²) in [6, 6.07) is 3.35. The Morgan fingerprint density at radius 1 is 1.39 bits per heavy atom. The SMILES string of the molecule is Cc1cc([N+](=O)[O-])cc(Cl)c1NC1CCN(CCN(C)C)CC1. The normalized spacial score (nSPS) is 16.7. The molecule has 7 heteroatoms. The first-order valence-corrected chi connectivity index (χ1v) is 8.32. The molecule has 0 spiro atoms. The number of likely N-dealkylation sites (N-methyl/N-ethyl adjacent to an activating group) is 1. The minimum atomic E-state index is -0.411. The van der Waals surface area contributed by atoms with Gasteiger partial charge in [0.2, 0.25) is 0 Å². The molecule has 2 rings (SSSR count). The van der Waals surface area contributed by atoms with Crippen LogP contribution in [0.5, 0.6) is 0 Å². The Bertz CT molecular complexity index is 534. The fourth-order valence-corrected chi connectivity index (χ4v) is 3.18. The summed E-state index contributed by atoms with van der Waals surface area (Å²) in [4.78, 5) is 15.1. The number of benzene rings is 1. The van der Waals surface area contributed by atoms with Gasteiger partial charge in [-0.1, -0.05) is 11.6 Å². The maximum absolute atomic E-state index is 10.9. The Kier molecular flexibility index (Phi) is 6.21. The van der Waals surface area contributed by atoms with E-state index in [1.54, 1.807) is 6.07 Å². The maximum atomic E-state index is 10.9. The molecule has 1 N–H and O–H groups in total. The van der Waals surface area contributed by atoms with Gasteiger partial charge in [0.1, 0.15) is 0 Å². The Hall–Kier alpha value is -1.37. The molecule has 0 saturated carbocycles. The van der Waals surface area contributed by atoms with Crippen LogP contribution in [0.1, 0.15) is 18.4 Å². The second-order valence-electron chi connectivity index (χ2n) is 6.44. The van der Waals surface area contributed by atoms with E-state index in [9.17, 15) is 10.1 Å². The van der Waals surface area contributed by atoms with Crippen molar-refractivity contribution in [2.24, 2.45) is 0 Å². The zero-order valence-corrected chi connectivity index (χ0v) is 14.8. The van der Waals surface area contributed by atoms with E-state index >= 15 is 0 Å². The van der Waals surface area contributed by atoms with Crippen LogP contribution in [-0.4, -0.2) is 61.0 Å². The second-order valence-corrected chi connectivity index (χ2v) is 6.85. The Labute approximate surface area is 142 Å². The van der Waals surface area contributed by atoms with E-state index in [1.165, 1.54) is 6.07 Å². The summed E-state index contributed by atoms with van der Waals surface area (Å²) in [7, 11) is 4.18. The lowest BCUT2D eigenvalue weighted by atomic mass is 10.0. The average molecular weight is 341 g/mol. The quantitative estimate of drug-likeness (QED) is 0.637. The summed E-state index contributed by atoms with van der Waals surface area (Å²) in [5.41, 5.74) is 1.68. The van der Waals surface area contributed by atoms with Crippen molar-refractivity contribution in [1.82, 2.24) is 9.80 Å². The molecular formula is C16H25ClN4O2. The number of nitrogens with one attached hydrogen (secondary N) is 1. The van der Waals surface area contributed by atoms with Crippen molar-refractivity contribution in [1.29, 1.82) is 0 Å². The summed E-state index contributed by atoms with van der Waals surface area (Å²) in [5, 5.41) is 14.8. The van der Waals surface area contributed by atoms with Gasteiger partial charge in [-0.25, -0.2) is 0 Å². The van der Waals surface area contributed by atoms with Crippen LogP contribution in [-0.2, 0) is 0 Å². The average Bonchev–Trinajstić information content (AvgIpc) is 2.49. The van der Waals surface area contributed by atoms with Gasteiger partial charge in [-0.15, -0.1) is 0 Å². The molecule has 1 aromatic carbocycles. The number of piperidine rings is 1. The van der Waals surface area contributed by atoms with Crippen LogP contribution in [0.3, 0.4) is 0 Å². The highest BCUT2D eigenvalue weighted by Gasteiger charge is 2.21. The van der Waals surface area contributed by atoms with Crippen LogP contribution in [0.4, 0.5) is 11.4 Å². The molecule has 0 amide bonds. The van der Waals surface area contributed by atoms with Crippen LogP contribution in [0, 0.1) is 17.0 Å². The Balaban J connectivity index is 1.93. The molecule has 1 aromatic rings. The number of anilines is 1. The van der Waals surface area contributed by atoms with Gasteiger partial charge in [-0.05, 0) is 39.4 Å². The minimum absolute atomic E-state index is 0.0385. The molecule has 0 aromatic heterocycles. The van der Waals surface area contributed by atoms with E-state index < -0.39 is 4.92 Å². The van der Waals surface area contributed by atoms with E-state index in [2.05, 4.69) is 29.2 Å². The number of hydrogen-bond acceptors (Lipinski definition) is 5. The third-order valence-corrected chi connectivity index (χ3v) is 4.58. The monoisotopic (exact) mass is 340 g/mol. The van der Waals surface area contributed by atoms with Crippen molar-refractivity contribution in [2.75, 3.05) is 45.6 Å². The number of likely N-dealkylation sites (tertiary alicyclic amines) is 1. The van der Waals surface area contributed by atoms with Crippen LogP contribution >= 0.6 is 11.6 Å². The number of nitro groups is 1. The highest BCUT2D eigenvalue weighted by atomic mass is 35.5. The van der Waals surface area contributed by atoms with Gasteiger partial charge in [0.15, 0.2) is 0 Å². The van der Waals surface area contributed by atoms with E-state index in [4.69, 9.17) is 11.6 Å². The van der Waals surface area contributed by atoms with Gasteiger partial charge in [0.25, 0.3) is 5.69 Å². The molecule has 0 bridgehead atoms. The summed E-state index contributed by atoms with van der Waals surface area (Å²) in [6.07, 6.45) is 2.11. The van der Waals surface area contributed by atoms with Gasteiger partial charge < -0.3 is 15.1 Å². The summed E-state index contributed by atoms with van der Waals surface area (Å²) in [5.74, 6) is 0. The van der Waals surface area contributed by atoms with Crippen molar-refractivity contribution in [3.8, 4) is 0 Å². The van der Waals surface area contributed by atoms with Gasteiger partial charge in [0, 0.05) is 44.4 Å². The van der Waals surface area contributed by atoms with Crippen molar-refractivity contribution < 1.29 is 4.92 Å². The molecule has 0 atom stereocenters. The number of rotatable bonds is 6. The maximum Gasteiger partial charge on any atom is 0.271 e. The molecule has 1 heterocycles. The topological polar surface area (TPSA) is 61.7 Å². The predicted octanol–water partition coefficient (Wildman–Crippen LogP) is 2.99.